The lowest BCUT2D eigenvalue weighted by atomic mass is 9.93. The Balaban J connectivity index is 1.25. The average Bonchev–Trinajstić information content (AvgIpc) is 3.85. The van der Waals surface area contributed by atoms with E-state index < -0.39 is 0 Å². The fourth-order valence-corrected chi connectivity index (χ4v) is 8.93. The summed E-state index contributed by atoms with van der Waals surface area (Å²) in [6.07, 6.45) is 0. The quantitative estimate of drug-likeness (QED) is 0.171. The number of rotatable bonds is 6. The fraction of sp³-hybridized carbons (Fsp3) is 0. The van der Waals surface area contributed by atoms with Crippen molar-refractivity contribution in [2.75, 3.05) is 0 Å². The molecule has 11 aromatic rings. The molecule has 3 heterocycles. The van der Waals surface area contributed by atoms with Crippen molar-refractivity contribution >= 4 is 53.4 Å². The van der Waals surface area contributed by atoms with Gasteiger partial charge in [0.2, 0.25) is 0 Å². The standard InChI is InChI=1S/C51H31N3OS/c1-5-15-32(16-6-1)37-30-41(33-17-7-2-8-18-33)47-43(31-37)46-40(51-53-49(34-19-9-3-10-20-34)52-50(54-51)35-21-11-4-12-22-35)27-26-38(48(46)55-47)36-25-28-45-42(29-36)39-23-13-14-24-44(39)56-45/h1-31H. The van der Waals surface area contributed by atoms with Crippen LogP contribution in [0.3, 0.4) is 0 Å². The third-order valence-corrected chi connectivity index (χ3v) is 11.7. The van der Waals surface area contributed by atoms with E-state index in [0.717, 1.165) is 72.0 Å². The number of hydrogen-bond donors (Lipinski definition) is 0. The summed E-state index contributed by atoms with van der Waals surface area (Å²) in [5.74, 6) is 1.82. The molecule has 0 saturated carbocycles. The lowest BCUT2D eigenvalue weighted by Crippen LogP contribution is -2.00. The predicted molar refractivity (Wildman–Crippen MR) is 233 cm³/mol. The van der Waals surface area contributed by atoms with Crippen LogP contribution < -0.4 is 0 Å². The Morgan fingerprint density at radius 1 is 0.321 bits per heavy atom. The van der Waals surface area contributed by atoms with E-state index in [0.29, 0.717) is 17.5 Å². The first-order valence-electron chi connectivity index (χ1n) is 18.7. The van der Waals surface area contributed by atoms with Gasteiger partial charge in [-0.15, -0.1) is 11.3 Å². The number of fused-ring (bicyclic) bond motifs is 6. The molecule has 56 heavy (non-hydrogen) atoms. The Morgan fingerprint density at radius 3 is 1.54 bits per heavy atom. The van der Waals surface area contributed by atoms with Crippen LogP contribution in [0.25, 0.3) is 110 Å². The molecule has 0 aliphatic heterocycles. The molecule has 0 bridgehead atoms. The third kappa shape index (κ3) is 5.48. The number of thiophene rings is 1. The van der Waals surface area contributed by atoms with E-state index in [9.17, 15) is 0 Å². The fourth-order valence-electron chi connectivity index (χ4n) is 7.85. The van der Waals surface area contributed by atoms with Gasteiger partial charge in [-0.3, -0.25) is 0 Å². The minimum atomic E-state index is 0.586. The van der Waals surface area contributed by atoms with E-state index in [2.05, 4.69) is 127 Å². The van der Waals surface area contributed by atoms with Crippen molar-refractivity contribution in [2.24, 2.45) is 0 Å². The minimum absolute atomic E-state index is 0.586. The summed E-state index contributed by atoms with van der Waals surface area (Å²) in [6, 6.07) is 65.6. The van der Waals surface area contributed by atoms with Crippen LogP contribution in [0.1, 0.15) is 0 Å². The molecule has 0 aliphatic carbocycles. The molecule has 5 heteroatoms. The van der Waals surface area contributed by atoms with Gasteiger partial charge in [-0.2, -0.15) is 0 Å². The third-order valence-electron chi connectivity index (χ3n) is 10.5. The maximum atomic E-state index is 7.22. The van der Waals surface area contributed by atoms with E-state index >= 15 is 0 Å². The Morgan fingerprint density at radius 2 is 0.857 bits per heavy atom. The van der Waals surface area contributed by atoms with Gasteiger partial charge in [-0.25, -0.2) is 15.0 Å². The van der Waals surface area contributed by atoms with Gasteiger partial charge in [-0.1, -0.05) is 146 Å². The molecule has 0 amide bonds. The van der Waals surface area contributed by atoms with Gasteiger partial charge in [0, 0.05) is 58.8 Å². The zero-order chi connectivity index (χ0) is 37.0. The van der Waals surface area contributed by atoms with Crippen molar-refractivity contribution in [2.45, 2.75) is 0 Å². The molecule has 0 unspecified atom stereocenters. The molecule has 0 aliphatic rings. The largest absolute Gasteiger partial charge is 0.455 e. The Bertz CT molecular complexity index is 3170. The zero-order valence-electron chi connectivity index (χ0n) is 30.1. The summed E-state index contributed by atoms with van der Waals surface area (Å²) in [6.45, 7) is 0. The van der Waals surface area contributed by atoms with Gasteiger partial charge >= 0.3 is 0 Å². The summed E-state index contributed by atoms with van der Waals surface area (Å²) in [7, 11) is 0. The van der Waals surface area contributed by atoms with Crippen LogP contribution in [-0.2, 0) is 0 Å². The molecule has 11 rings (SSSR count). The number of aromatic nitrogens is 3. The van der Waals surface area contributed by atoms with Gasteiger partial charge in [0.1, 0.15) is 11.2 Å². The van der Waals surface area contributed by atoms with Crippen LogP contribution in [-0.4, -0.2) is 15.0 Å². The van der Waals surface area contributed by atoms with Crippen LogP contribution in [0.2, 0.25) is 0 Å². The van der Waals surface area contributed by atoms with Crippen LogP contribution >= 0.6 is 11.3 Å². The van der Waals surface area contributed by atoms with Crippen LogP contribution in [0.4, 0.5) is 0 Å². The van der Waals surface area contributed by atoms with Crippen molar-refractivity contribution in [1.29, 1.82) is 0 Å². The lowest BCUT2D eigenvalue weighted by Gasteiger charge is -2.11. The summed E-state index contributed by atoms with van der Waals surface area (Å²) in [5.41, 5.74) is 10.8. The number of benzene rings is 8. The summed E-state index contributed by atoms with van der Waals surface area (Å²) in [5, 5.41) is 4.47. The monoisotopic (exact) mass is 733 g/mol. The second kappa shape index (κ2) is 13.3. The number of furan rings is 1. The van der Waals surface area contributed by atoms with Crippen LogP contribution in [0.5, 0.6) is 0 Å². The van der Waals surface area contributed by atoms with E-state index in [4.69, 9.17) is 19.4 Å². The Labute approximate surface area is 327 Å². The summed E-state index contributed by atoms with van der Waals surface area (Å²) < 4.78 is 9.76. The molecular weight excluding hydrogens is 703 g/mol. The highest BCUT2D eigenvalue weighted by molar-refractivity contribution is 7.25. The highest BCUT2D eigenvalue weighted by Gasteiger charge is 2.24. The Kier molecular flexibility index (Phi) is 7.64. The predicted octanol–water partition coefficient (Wildman–Crippen LogP) is 14.1. The summed E-state index contributed by atoms with van der Waals surface area (Å²) >= 11 is 1.82. The molecule has 8 aromatic carbocycles. The highest BCUT2D eigenvalue weighted by atomic mass is 32.1. The molecule has 0 atom stereocenters. The number of nitrogens with zero attached hydrogens (tertiary/aromatic N) is 3. The second-order valence-corrected chi connectivity index (χ2v) is 15.0. The molecule has 0 radical (unpaired) electrons. The molecule has 4 nitrogen and oxygen atoms in total. The molecular formula is C51H31N3OS. The lowest BCUT2D eigenvalue weighted by molar-refractivity contribution is 0.671. The van der Waals surface area contributed by atoms with Gasteiger partial charge in [0.25, 0.3) is 0 Å². The van der Waals surface area contributed by atoms with Crippen molar-refractivity contribution in [3.05, 3.63) is 188 Å². The first-order chi connectivity index (χ1) is 27.7. The maximum absolute atomic E-state index is 7.22. The summed E-state index contributed by atoms with van der Waals surface area (Å²) in [4.78, 5) is 15.4. The Hall–Kier alpha value is -7.21. The van der Waals surface area contributed by atoms with Crippen molar-refractivity contribution in [3.63, 3.8) is 0 Å². The smallest absolute Gasteiger partial charge is 0.164 e. The van der Waals surface area contributed by atoms with E-state index in [1.165, 1.54) is 20.2 Å². The van der Waals surface area contributed by atoms with Crippen molar-refractivity contribution in [3.8, 4) is 67.5 Å². The molecule has 0 spiro atoms. The van der Waals surface area contributed by atoms with E-state index in [1.54, 1.807) is 0 Å². The topological polar surface area (TPSA) is 51.8 Å². The molecule has 0 N–H and O–H groups in total. The first-order valence-corrected chi connectivity index (χ1v) is 19.5. The SMILES string of the molecule is c1ccc(-c2cc(-c3ccccc3)c3oc4c(-c5ccc6sc7ccccc7c6c5)ccc(-c5nc(-c6ccccc6)nc(-c6ccccc6)n5)c4c3c2)cc1. The highest BCUT2D eigenvalue weighted by Crippen LogP contribution is 2.47. The van der Waals surface area contributed by atoms with Crippen molar-refractivity contribution in [1.82, 2.24) is 15.0 Å². The van der Waals surface area contributed by atoms with E-state index in [1.807, 2.05) is 72.0 Å². The number of hydrogen-bond acceptors (Lipinski definition) is 5. The molecule has 3 aromatic heterocycles. The van der Waals surface area contributed by atoms with Crippen molar-refractivity contribution < 1.29 is 4.42 Å². The van der Waals surface area contributed by atoms with Gasteiger partial charge in [-0.05, 0) is 64.7 Å². The van der Waals surface area contributed by atoms with Crippen LogP contribution in [0, 0.1) is 0 Å². The molecule has 0 saturated heterocycles. The zero-order valence-corrected chi connectivity index (χ0v) is 30.9. The van der Waals surface area contributed by atoms with Gasteiger partial charge in [0.05, 0.1) is 0 Å². The van der Waals surface area contributed by atoms with Gasteiger partial charge < -0.3 is 4.42 Å². The second-order valence-electron chi connectivity index (χ2n) is 13.9. The molecule has 262 valence electrons. The van der Waals surface area contributed by atoms with E-state index in [-0.39, 0.29) is 0 Å². The average molecular weight is 734 g/mol. The minimum Gasteiger partial charge on any atom is -0.455 e. The normalized spacial score (nSPS) is 11.6. The first kappa shape index (κ1) is 32.2. The molecule has 0 fully saturated rings. The van der Waals surface area contributed by atoms with Crippen LogP contribution in [0.15, 0.2) is 192 Å². The van der Waals surface area contributed by atoms with Gasteiger partial charge in [0.15, 0.2) is 17.5 Å². The maximum Gasteiger partial charge on any atom is 0.164 e.